The van der Waals surface area contributed by atoms with Crippen LogP contribution in [0.15, 0.2) is 18.2 Å². The van der Waals surface area contributed by atoms with Crippen LogP contribution in [0.2, 0.25) is 0 Å². The minimum Gasteiger partial charge on any atom is -0.338 e. The van der Waals surface area contributed by atoms with E-state index in [1.54, 1.807) is 0 Å². The normalized spacial score (nSPS) is 9.64. The second-order valence-corrected chi connectivity index (χ2v) is 4.11. The van der Waals surface area contributed by atoms with Crippen molar-refractivity contribution in [3.05, 3.63) is 27.3 Å². The van der Waals surface area contributed by atoms with Gasteiger partial charge in [0, 0.05) is 15.8 Å². The number of nitrogens with one attached hydrogen (secondary N) is 2. The largest absolute Gasteiger partial charge is 0.338 e. The number of aryl methyl sites for hydroxylation is 1. The second kappa shape index (κ2) is 5.19. The molecule has 4 heteroatoms. The van der Waals surface area contributed by atoms with Gasteiger partial charge in [-0.05, 0) is 60.2 Å². The van der Waals surface area contributed by atoms with Gasteiger partial charge in [-0.25, -0.2) is 4.79 Å². The molecule has 0 atom stereocenters. The maximum atomic E-state index is 11.2. The van der Waals surface area contributed by atoms with Crippen LogP contribution < -0.4 is 10.6 Å². The van der Waals surface area contributed by atoms with Gasteiger partial charge < -0.3 is 10.6 Å². The first kappa shape index (κ1) is 11.3. The average molecular weight is 304 g/mol. The quantitative estimate of drug-likeness (QED) is 0.811. The predicted octanol–water partition coefficient (Wildman–Crippen LogP) is 2.74. The van der Waals surface area contributed by atoms with E-state index >= 15 is 0 Å². The molecule has 0 radical (unpaired) electrons. The van der Waals surface area contributed by atoms with Crippen molar-refractivity contribution in [3.63, 3.8) is 0 Å². The van der Waals surface area contributed by atoms with E-state index in [-0.39, 0.29) is 6.03 Å². The van der Waals surface area contributed by atoms with Gasteiger partial charge in [0.1, 0.15) is 0 Å². The Balaban J connectivity index is 2.68. The maximum Gasteiger partial charge on any atom is 0.319 e. The smallest absolute Gasteiger partial charge is 0.319 e. The lowest BCUT2D eigenvalue weighted by Crippen LogP contribution is -2.28. The monoisotopic (exact) mass is 304 g/mol. The number of rotatable bonds is 2. The number of hydrogen-bond donors (Lipinski definition) is 2. The van der Waals surface area contributed by atoms with Crippen LogP contribution in [-0.4, -0.2) is 12.6 Å². The molecule has 76 valence electrons. The molecule has 0 unspecified atom stereocenters. The third-order valence-electron chi connectivity index (χ3n) is 1.75. The van der Waals surface area contributed by atoms with Crippen LogP contribution in [0.25, 0.3) is 0 Å². The fraction of sp³-hybridized carbons (Fsp3) is 0.300. The van der Waals surface area contributed by atoms with Gasteiger partial charge in [-0.1, -0.05) is 0 Å². The molecule has 2 amide bonds. The Morgan fingerprint density at radius 2 is 2.21 bits per heavy atom. The van der Waals surface area contributed by atoms with Crippen LogP contribution >= 0.6 is 22.6 Å². The highest BCUT2D eigenvalue weighted by molar-refractivity contribution is 14.1. The second-order valence-electron chi connectivity index (χ2n) is 2.95. The number of hydrogen-bond acceptors (Lipinski definition) is 1. The highest BCUT2D eigenvalue weighted by Crippen LogP contribution is 2.16. The molecule has 3 nitrogen and oxygen atoms in total. The van der Waals surface area contributed by atoms with Gasteiger partial charge >= 0.3 is 6.03 Å². The Hall–Kier alpha value is -0.780. The molecule has 1 aromatic rings. The minimum absolute atomic E-state index is 0.159. The summed E-state index contributed by atoms with van der Waals surface area (Å²) in [6.07, 6.45) is 0. The summed E-state index contributed by atoms with van der Waals surface area (Å²) < 4.78 is 1.20. The summed E-state index contributed by atoms with van der Waals surface area (Å²) in [5.41, 5.74) is 1.99. The standard InChI is InChI=1S/C10H13IN2O/c1-3-12-10(14)13-8-4-5-9(11)7(2)6-8/h4-6H,3H2,1-2H3,(H2,12,13,14). The molecule has 0 bridgehead atoms. The average Bonchev–Trinajstić information content (AvgIpc) is 2.12. The third kappa shape index (κ3) is 3.17. The van der Waals surface area contributed by atoms with Gasteiger partial charge in [0.15, 0.2) is 0 Å². The lowest BCUT2D eigenvalue weighted by atomic mass is 10.2. The van der Waals surface area contributed by atoms with Crippen molar-refractivity contribution in [2.75, 3.05) is 11.9 Å². The summed E-state index contributed by atoms with van der Waals surface area (Å²) in [4.78, 5) is 11.2. The summed E-state index contributed by atoms with van der Waals surface area (Å²) in [6.45, 7) is 4.54. The van der Waals surface area contributed by atoms with Crippen LogP contribution in [-0.2, 0) is 0 Å². The lowest BCUT2D eigenvalue weighted by Gasteiger charge is -2.07. The van der Waals surface area contributed by atoms with Crippen molar-refractivity contribution in [1.29, 1.82) is 0 Å². The SMILES string of the molecule is CCNC(=O)Nc1ccc(I)c(C)c1. The number of amides is 2. The molecule has 0 aliphatic heterocycles. The van der Waals surface area contributed by atoms with E-state index < -0.39 is 0 Å². The maximum absolute atomic E-state index is 11.2. The van der Waals surface area contributed by atoms with Crippen molar-refractivity contribution in [2.24, 2.45) is 0 Å². The molecular formula is C10H13IN2O. The number of halogens is 1. The van der Waals surface area contributed by atoms with E-state index in [0.29, 0.717) is 6.54 Å². The Labute approximate surface area is 97.4 Å². The van der Waals surface area contributed by atoms with Crippen LogP contribution in [0.1, 0.15) is 12.5 Å². The molecule has 2 N–H and O–H groups in total. The Kier molecular flexibility index (Phi) is 4.19. The molecule has 1 rings (SSSR count). The van der Waals surface area contributed by atoms with Crippen molar-refractivity contribution >= 4 is 34.3 Å². The summed E-state index contributed by atoms with van der Waals surface area (Å²) >= 11 is 2.26. The Bertz CT molecular complexity index is 339. The minimum atomic E-state index is -0.159. The molecule has 0 aliphatic carbocycles. The first-order valence-corrected chi connectivity index (χ1v) is 5.52. The van der Waals surface area contributed by atoms with Crippen LogP contribution in [0.4, 0.5) is 10.5 Å². The number of urea groups is 1. The zero-order chi connectivity index (χ0) is 10.6. The molecule has 1 aromatic carbocycles. The fourth-order valence-electron chi connectivity index (χ4n) is 1.06. The molecule has 0 fully saturated rings. The Morgan fingerprint density at radius 1 is 1.50 bits per heavy atom. The lowest BCUT2D eigenvalue weighted by molar-refractivity contribution is 0.252. The van der Waals surface area contributed by atoms with E-state index in [4.69, 9.17) is 0 Å². The molecule has 0 aliphatic rings. The van der Waals surface area contributed by atoms with E-state index in [1.807, 2.05) is 32.0 Å². The highest BCUT2D eigenvalue weighted by Gasteiger charge is 2.00. The van der Waals surface area contributed by atoms with Gasteiger partial charge in [0.05, 0.1) is 0 Å². The Morgan fingerprint density at radius 3 is 2.79 bits per heavy atom. The van der Waals surface area contributed by atoms with E-state index in [1.165, 1.54) is 9.13 Å². The van der Waals surface area contributed by atoms with Gasteiger partial charge in [0.25, 0.3) is 0 Å². The highest BCUT2D eigenvalue weighted by atomic mass is 127. The topological polar surface area (TPSA) is 41.1 Å². The summed E-state index contributed by atoms with van der Waals surface area (Å²) in [5.74, 6) is 0. The van der Waals surface area contributed by atoms with Crippen LogP contribution in [0, 0.1) is 10.5 Å². The summed E-state index contributed by atoms with van der Waals surface area (Å²) in [5, 5.41) is 5.43. The van der Waals surface area contributed by atoms with E-state index in [0.717, 1.165) is 5.69 Å². The van der Waals surface area contributed by atoms with Gasteiger partial charge in [-0.3, -0.25) is 0 Å². The number of carbonyl (C=O) groups excluding carboxylic acids is 1. The zero-order valence-corrected chi connectivity index (χ0v) is 10.4. The first-order chi connectivity index (χ1) is 6.63. The molecule has 0 heterocycles. The number of anilines is 1. The van der Waals surface area contributed by atoms with E-state index in [2.05, 4.69) is 33.2 Å². The molecular weight excluding hydrogens is 291 g/mol. The first-order valence-electron chi connectivity index (χ1n) is 4.44. The van der Waals surface area contributed by atoms with Crippen molar-refractivity contribution in [3.8, 4) is 0 Å². The summed E-state index contributed by atoms with van der Waals surface area (Å²) in [6, 6.07) is 5.67. The van der Waals surface area contributed by atoms with Crippen LogP contribution in [0.5, 0.6) is 0 Å². The van der Waals surface area contributed by atoms with Gasteiger partial charge in [-0.15, -0.1) is 0 Å². The molecule has 0 aromatic heterocycles. The van der Waals surface area contributed by atoms with E-state index in [9.17, 15) is 4.79 Å². The summed E-state index contributed by atoms with van der Waals surface area (Å²) in [7, 11) is 0. The van der Waals surface area contributed by atoms with Crippen molar-refractivity contribution in [1.82, 2.24) is 5.32 Å². The zero-order valence-electron chi connectivity index (χ0n) is 8.23. The van der Waals surface area contributed by atoms with Crippen molar-refractivity contribution < 1.29 is 4.79 Å². The number of carbonyl (C=O) groups is 1. The van der Waals surface area contributed by atoms with Gasteiger partial charge in [0.2, 0.25) is 0 Å². The third-order valence-corrected chi connectivity index (χ3v) is 2.96. The number of benzene rings is 1. The predicted molar refractivity (Wildman–Crippen MR) is 66.6 cm³/mol. The fourth-order valence-corrected chi connectivity index (χ4v) is 1.39. The molecule has 0 saturated carbocycles. The van der Waals surface area contributed by atoms with Crippen molar-refractivity contribution in [2.45, 2.75) is 13.8 Å². The molecule has 14 heavy (non-hydrogen) atoms. The van der Waals surface area contributed by atoms with Gasteiger partial charge in [-0.2, -0.15) is 0 Å². The molecule has 0 spiro atoms. The van der Waals surface area contributed by atoms with Crippen LogP contribution in [0.3, 0.4) is 0 Å². The molecule has 0 saturated heterocycles.